The van der Waals surface area contributed by atoms with Crippen LogP contribution in [-0.2, 0) is 0 Å². The van der Waals surface area contributed by atoms with E-state index in [4.69, 9.17) is 0 Å². The van der Waals surface area contributed by atoms with Crippen LogP contribution in [-0.4, -0.2) is 16.9 Å². The molecule has 1 fully saturated rings. The average molecular weight is 233 g/mol. The van der Waals surface area contributed by atoms with Crippen LogP contribution in [0.3, 0.4) is 0 Å². The van der Waals surface area contributed by atoms with Crippen molar-refractivity contribution in [2.75, 3.05) is 0 Å². The van der Waals surface area contributed by atoms with Crippen LogP contribution in [0, 0.1) is 11.4 Å². The van der Waals surface area contributed by atoms with E-state index in [-0.39, 0.29) is 12.8 Å². The topological polar surface area (TPSA) is 30.0 Å². The van der Waals surface area contributed by atoms with Gasteiger partial charge in [0.15, 0.2) is 5.78 Å². The van der Waals surface area contributed by atoms with Crippen molar-refractivity contribution < 1.29 is 22.4 Å². The Morgan fingerprint density at radius 2 is 2.00 bits per heavy atom. The van der Waals surface area contributed by atoms with Crippen molar-refractivity contribution in [2.24, 2.45) is 5.41 Å². The molecule has 1 aromatic rings. The van der Waals surface area contributed by atoms with E-state index in [1.807, 2.05) is 0 Å². The highest BCUT2D eigenvalue weighted by Gasteiger charge is 2.68. The predicted octanol–water partition coefficient (Wildman–Crippen LogP) is 2.75. The standard InChI is InChI=1S/C10H7F4NO/c11-8-6(2-1-5-15-8)7(16)9(3-4-9)10(12,13)14/h1-2,5H,3-4H2. The molecule has 0 aliphatic heterocycles. The zero-order valence-corrected chi connectivity index (χ0v) is 8.01. The van der Waals surface area contributed by atoms with Gasteiger partial charge in [-0.3, -0.25) is 4.79 Å². The summed E-state index contributed by atoms with van der Waals surface area (Å²) in [6, 6.07) is 2.26. The Kier molecular flexibility index (Phi) is 2.25. The molecule has 1 aliphatic carbocycles. The molecule has 0 bridgehead atoms. The fraction of sp³-hybridized carbons (Fsp3) is 0.400. The molecular weight excluding hydrogens is 226 g/mol. The second-order valence-corrected chi connectivity index (χ2v) is 3.75. The largest absolute Gasteiger partial charge is 0.401 e. The molecule has 2 nitrogen and oxygen atoms in total. The molecule has 2 rings (SSSR count). The SMILES string of the molecule is O=C(c1cccnc1F)C1(C(F)(F)F)CC1. The summed E-state index contributed by atoms with van der Waals surface area (Å²) >= 11 is 0. The van der Waals surface area contributed by atoms with Gasteiger partial charge in [-0.05, 0) is 25.0 Å². The van der Waals surface area contributed by atoms with E-state index in [0.717, 1.165) is 12.3 Å². The Morgan fingerprint density at radius 3 is 2.44 bits per heavy atom. The number of alkyl halides is 3. The van der Waals surface area contributed by atoms with Crippen molar-refractivity contribution in [2.45, 2.75) is 19.0 Å². The molecular formula is C10H7F4NO. The lowest BCUT2D eigenvalue weighted by Gasteiger charge is -2.17. The second kappa shape index (κ2) is 3.26. The smallest absolute Gasteiger partial charge is 0.293 e. The van der Waals surface area contributed by atoms with E-state index in [1.54, 1.807) is 0 Å². The van der Waals surface area contributed by atoms with E-state index in [9.17, 15) is 22.4 Å². The first kappa shape index (κ1) is 11.0. The number of ketones is 1. The van der Waals surface area contributed by atoms with Crippen molar-refractivity contribution in [1.82, 2.24) is 4.98 Å². The minimum absolute atomic E-state index is 0.274. The summed E-state index contributed by atoms with van der Waals surface area (Å²) in [6.07, 6.45) is -4.08. The summed E-state index contributed by atoms with van der Waals surface area (Å²) in [6.45, 7) is 0. The molecule has 1 heterocycles. The zero-order valence-electron chi connectivity index (χ0n) is 8.01. The van der Waals surface area contributed by atoms with Gasteiger partial charge in [-0.15, -0.1) is 0 Å². The maximum Gasteiger partial charge on any atom is 0.401 e. The molecule has 0 aromatic carbocycles. The third-order valence-electron chi connectivity index (χ3n) is 2.73. The van der Waals surface area contributed by atoms with E-state index >= 15 is 0 Å². The molecule has 1 aromatic heterocycles. The molecule has 0 unspecified atom stereocenters. The van der Waals surface area contributed by atoms with E-state index < -0.39 is 28.9 Å². The summed E-state index contributed by atoms with van der Waals surface area (Å²) in [5.41, 5.74) is -2.96. The molecule has 0 radical (unpaired) electrons. The van der Waals surface area contributed by atoms with Gasteiger partial charge < -0.3 is 0 Å². The van der Waals surface area contributed by atoms with Gasteiger partial charge in [0.2, 0.25) is 5.95 Å². The summed E-state index contributed by atoms with van der Waals surface area (Å²) in [5, 5.41) is 0. The number of carbonyl (C=O) groups excluding carboxylic acids is 1. The number of halogens is 4. The van der Waals surface area contributed by atoms with Crippen LogP contribution in [0.5, 0.6) is 0 Å². The number of Topliss-reactive ketones (excluding diaryl/α,β-unsaturated/α-hetero) is 1. The molecule has 0 atom stereocenters. The van der Waals surface area contributed by atoms with Crippen LogP contribution in [0.1, 0.15) is 23.2 Å². The predicted molar refractivity (Wildman–Crippen MR) is 46.2 cm³/mol. The van der Waals surface area contributed by atoms with Gasteiger partial charge in [0.05, 0.1) is 5.56 Å². The van der Waals surface area contributed by atoms with Crippen molar-refractivity contribution >= 4 is 5.78 Å². The highest BCUT2D eigenvalue weighted by Crippen LogP contribution is 2.59. The third kappa shape index (κ3) is 1.48. The van der Waals surface area contributed by atoms with Gasteiger partial charge in [-0.1, -0.05) is 0 Å². The fourth-order valence-electron chi connectivity index (χ4n) is 1.58. The average Bonchev–Trinajstić information content (AvgIpc) is 2.97. The van der Waals surface area contributed by atoms with Crippen LogP contribution in [0.25, 0.3) is 0 Å². The molecule has 0 saturated heterocycles. The van der Waals surface area contributed by atoms with E-state index in [1.165, 1.54) is 6.07 Å². The molecule has 0 spiro atoms. The van der Waals surface area contributed by atoms with Crippen molar-refractivity contribution in [1.29, 1.82) is 0 Å². The number of pyridine rings is 1. The molecule has 0 N–H and O–H groups in total. The maximum atomic E-state index is 13.1. The lowest BCUT2D eigenvalue weighted by atomic mass is 9.95. The number of hydrogen-bond donors (Lipinski definition) is 0. The minimum Gasteiger partial charge on any atom is -0.293 e. The number of nitrogens with zero attached hydrogens (tertiary/aromatic N) is 1. The van der Waals surface area contributed by atoms with Crippen LogP contribution >= 0.6 is 0 Å². The summed E-state index contributed by atoms with van der Waals surface area (Å²) in [4.78, 5) is 14.8. The Hall–Kier alpha value is -1.46. The Balaban J connectivity index is 2.38. The van der Waals surface area contributed by atoms with Crippen molar-refractivity contribution in [3.05, 3.63) is 29.8 Å². The minimum atomic E-state index is -4.62. The highest BCUT2D eigenvalue weighted by molar-refractivity contribution is 6.02. The molecule has 6 heteroatoms. The Morgan fingerprint density at radius 1 is 1.38 bits per heavy atom. The first-order valence-electron chi connectivity index (χ1n) is 4.60. The van der Waals surface area contributed by atoms with Gasteiger partial charge >= 0.3 is 6.18 Å². The van der Waals surface area contributed by atoms with Crippen LogP contribution < -0.4 is 0 Å². The Bertz CT molecular complexity index is 437. The van der Waals surface area contributed by atoms with Gasteiger partial charge in [0, 0.05) is 6.20 Å². The monoisotopic (exact) mass is 233 g/mol. The lowest BCUT2D eigenvalue weighted by Crippen LogP contribution is -2.33. The summed E-state index contributed by atoms with van der Waals surface area (Å²) < 4.78 is 50.9. The zero-order chi connectivity index (χ0) is 12.0. The molecule has 1 aliphatic rings. The second-order valence-electron chi connectivity index (χ2n) is 3.75. The van der Waals surface area contributed by atoms with Gasteiger partial charge in [0.1, 0.15) is 5.41 Å². The number of hydrogen-bond acceptors (Lipinski definition) is 2. The van der Waals surface area contributed by atoms with E-state index in [0.29, 0.717) is 0 Å². The highest BCUT2D eigenvalue weighted by atomic mass is 19.4. The molecule has 16 heavy (non-hydrogen) atoms. The first-order chi connectivity index (χ1) is 7.38. The lowest BCUT2D eigenvalue weighted by molar-refractivity contribution is -0.171. The van der Waals surface area contributed by atoms with Crippen LogP contribution in [0.15, 0.2) is 18.3 Å². The number of aromatic nitrogens is 1. The summed E-state index contributed by atoms with van der Waals surface area (Å²) in [5.74, 6) is -2.37. The molecule has 86 valence electrons. The van der Waals surface area contributed by atoms with Gasteiger partial charge in [0.25, 0.3) is 0 Å². The number of carbonyl (C=O) groups is 1. The third-order valence-corrected chi connectivity index (χ3v) is 2.73. The normalized spacial score (nSPS) is 18.2. The summed E-state index contributed by atoms with van der Waals surface area (Å²) in [7, 11) is 0. The maximum absolute atomic E-state index is 13.1. The number of rotatable bonds is 2. The van der Waals surface area contributed by atoms with Crippen LogP contribution in [0.2, 0.25) is 0 Å². The fourth-order valence-corrected chi connectivity index (χ4v) is 1.58. The Labute approximate surface area is 88.3 Å². The van der Waals surface area contributed by atoms with E-state index in [2.05, 4.69) is 4.98 Å². The molecule has 0 amide bonds. The quantitative estimate of drug-likeness (QED) is 0.446. The van der Waals surface area contributed by atoms with Gasteiger partial charge in [-0.2, -0.15) is 17.6 Å². The van der Waals surface area contributed by atoms with Crippen molar-refractivity contribution in [3.63, 3.8) is 0 Å². The van der Waals surface area contributed by atoms with Crippen molar-refractivity contribution in [3.8, 4) is 0 Å². The van der Waals surface area contributed by atoms with Gasteiger partial charge in [-0.25, -0.2) is 4.98 Å². The first-order valence-corrected chi connectivity index (χ1v) is 4.60. The molecule has 1 saturated carbocycles. The van der Waals surface area contributed by atoms with Crippen LogP contribution in [0.4, 0.5) is 17.6 Å².